The molecule has 3 saturated heterocycles. The molecule has 4 rings (SSSR count). The van der Waals surface area contributed by atoms with Crippen LogP contribution in [-0.2, 0) is 22.3 Å². The molecule has 3 atom stereocenters. The van der Waals surface area contributed by atoms with Crippen LogP contribution in [0.25, 0.3) is 0 Å². The molecule has 0 unspecified atom stereocenters. The summed E-state index contributed by atoms with van der Waals surface area (Å²) in [6.07, 6.45) is 1.15. The molecule has 156 valence electrons. The molecule has 0 bridgehead atoms. The minimum Gasteiger partial charge on any atom is -0.377 e. The van der Waals surface area contributed by atoms with E-state index in [0.29, 0.717) is 37.2 Å². The summed E-state index contributed by atoms with van der Waals surface area (Å²) < 4.78 is 44.1. The van der Waals surface area contributed by atoms with E-state index in [1.165, 1.54) is 6.42 Å². The first-order valence-electron chi connectivity index (χ1n) is 10.1. The highest BCUT2D eigenvalue weighted by Gasteiger charge is 2.42. The third-order valence-electron chi connectivity index (χ3n) is 6.27. The van der Waals surface area contributed by atoms with Gasteiger partial charge in [-0.15, -0.1) is 0 Å². The summed E-state index contributed by atoms with van der Waals surface area (Å²) in [6, 6.07) is 0. The van der Waals surface area contributed by atoms with Gasteiger partial charge in [0, 0.05) is 25.6 Å². The van der Waals surface area contributed by atoms with Gasteiger partial charge in [-0.05, 0) is 38.1 Å². The van der Waals surface area contributed by atoms with Crippen LogP contribution >= 0.6 is 0 Å². The second kappa shape index (κ2) is 8.02. The average Bonchev–Trinajstić information content (AvgIpc) is 3.29. The highest BCUT2D eigenvalue weighted by atomic mass is 19.4. The molecule has 0 saturated carbocycles. The molecule has 1 aromatic heterocycles. The van der Waals surface area contributed by atoms with Gasteiger partial charge in [0.05, 0.1) is 31.9 Å². The number of piperidine rings is 2. The third-order valence-corrected chi connectivity index (χ3v) is 6.27. The summed E-state index contributed by atoms with van der Waals surface area (Å²) in [6.45, 7) is 4.25. The number of nitrogens with zero attached hydrogens (tertiary/aromatic N) is 3. The first-order valence-corrected chi connectivity index (χ1v) is 10.1. The SMILES string of the molecule is O=C(C[C@@H]1OC[C@H]2CN(Cc3ncc(C(F)(F)F)[nH]3)CC[C@H]21)N1CCCCC1. The number of nitrogens with one attached hydrogen (secondary N) is 1. The summed E-state index contributed by atoms with van der Waals surface area (Å²) >= 11 is 0. The molecule has 1 N–H and O–H groups in total. The molecule has 3 fully saturated rings. The molecule has 1 amide bonds. The van der Waals surface area contributed by atoms with Crippen molar-refractivity contribution >= 4 is 5.91 Å². The average molecular weight is 400 g/mol. The highest BCUT2D eigenvalue weighted by molar-refractivity contribution is 5.76. The molecule has 4 heterocycles. The molecule has 28 heavy (non-hydrogen) atoms. The Hall–Kier alpha value is -1.61. The van der Waals surface area contributed by atoms with Crippen molar-refractivity contribution in [3.8, 4) is 0 Å². The Morgan fingerprint density at radius 3 is 2.75 bits per heavy atom. The van der Waals surface area contributed by atoms with E-state index in [9.17, 15) is 18.0 Å². The van der Waals surface area contributed by atoms with Crippen LogP contribution < -0.4 is 0 Å². The number of rotatable bonds is 4. The van der Waals surface area contributed by atoms with Gasteiger partial charge in [0.25, 0.3) is 0 Å². The lowest BCUT2D eigenvalue weighted by atomic mass is 9.83. The van der Waals surface area contributed by atoms with Gasteiger partial charge in [0.2, 0.25) is 5.91 Å². The van der Waals surface area contributed by atoms with E-state index in [1.807, 2.05) is 4.90 Å². The number of carbonyl (C=O) groups excluding carboxylic acids is 1. The van der Waals surface area contributed by atoms with Gasteiger partial charge in [0.15, 0.2) is 0 Å². The van der Waals surface area contributed by atoms with E-state index in [-0.39, 0.29) is 12.0 Å². The fourth-order valence-electron chi connectivity index (χ4n) is 4.76. The van der Waals surface area contributed by atoms with Crippen molar-refractivity contribution in [2.45, 2.75) is 50.9 Å². The number of aromatic amines is 1. The molecular formula is C19H27F3N4O2. The fourth-order valence-corrected chi connectivity index (χ4v) is 4.76. The quantitative estimate of drug-likeness (QED) is 0.844. The minimum absolute atomic E-state index is 0.0259. The Kier molecular flexibility index (Phi) is 5.64. The summed E-state index contributed by atoms with van der Waals surface area (Å²) in [4.78, 5) is 22.9. The van der Waals surface area contributed by atoms with Gasteiger partial charge in [-0.3, -0.25) is 9.69 Å². The highest BCUT2D eigenvalue weighted by Crippen LogP contribution is 2.36. The van der Waals surface area contributed by atoms with E-state index in [4.69, 9.17) is 4.74 Å². The Bertz CT molecular complexity index is 687. The van der Waals surface area contributed by atoms with Gasteiger partial charge in [-0.1, -0.05) is 0 Å². The van der Waals surface area contributed by atoms with Crippen LogP contribution in [0, 0.1) is 11.8 Å². The number of H-pyrrole nitrogens is 1. The predicted octanol–water partition coefficient (Wildman–Crippen LogP) is 2.67. The van der Waals surface area contributed by atoms with Gasteiger partial charge in [0.1, 0.15) is 11.5 Å². The Morgan fingerprint density at radius 1 is 1.25 bits per heavy atom. The zero-order valence-corrected chi connectivity index (χ0v) is 15.9. The van der Waals surface area contributed by atoms with Crippen LogP contribution in [0.4, 0.5) is 13.2 Å². The standard InChI is InChI=1S/C19H27F3N4O2/c20-19(21,22)16-9-23-17(24-16)11-25-7-4-14-13(10-25)12-28-15(14)8-18(27)26-5-2-1-3-6-26/h9,13-15H,1-8,10-12H2,(H,23,24)/t13-,14-,15+/m1/s1. The number of imidazole rings is 1. The maximum atomic E-state index is 12.7. The second-order valence-corrected chi connectivity index (χ2v) is 8.21. The van der Waals surface area contributed by atoms with Gasteiger partial charge < -0.3 is 14.6 Å². The monoisotopic (exact) mass is 400 g/mol. The smallest absolute Gasteiger partial charge is 0.377 e. The van der Waals surface area contributed by atoms with Crippen molar-refractivity contribution < 1.29 is 22.7 Å². The van der Waals surface area contributed by atoms with Gasteiger partial charge in [-0.2, -0.15) is 13.2 Å². The van der Waals surface area contributed by atoms with Crippen molar-refractivity contribution in [2.24, 2.45) is 11.8 Å². The van der Waals surface area contributed by atoms with E-state index in [2.05, 4.69) is 14.9 Å². The zero-order chi connectivity index (χ0) is 19.7. The molecule has 3 aliphatic heterocycles. The number of ether oxygens (including phenoxy) is 1. The van der Waals surface area contributed by atoms with E-state index in [0.717, 1.165) is 51.6 Å². The van der Waals surface area contributed by atoms with Crippen LogP contribution in [0.3, 0.4) is 0 Å². The van der Waals surface area contributed by atoms with Crippen LogP contribution in [0.2, 0.25) is 0 Å². The van der Waals surface area contributed by atoms with Crippen LogP contribution in [0.1, 0.15) is 43.6 Å². The lowest BCUT2D eigenvalue weighted by molar-refractivity contribution is -0.141. The normalized spacial score (nSPS) is 29.1. The summed E-state index contributed by atoms with van der Waals surface area (Å²) in [5.74, 6) is 1.21. The van der Waals surface area contributed by atoms with Crippen molar-refractivity contribution in [1.29, 1.82) is 0 Å². The summed E-state index contributed by atoms with van der Waals surface area (Å²) in [5, 5.41) is 0. The maximum absolute atomic E-state index is 12.7. The van der Waals surface area contributed by atoms with Crippen LogP contribution in [0.5, 0.6) is 0 Å². The zero-order valence-electron chi connectivity index (χ0n) is 15.9. The van der Waals surface area contributed by atoms with Crippen molar-refractivity contribution in [3.05, 3.63) is 17.7 Å². The van der Waals surface area contributed by atoms with E-state index < -0.39 is 11.9 Å². The molecule has 0 aliphatic carbocycles. The topological polar surface area (TPSA) is 61.5 Å². The first kappa shape index (κ1) is 19.7. The number of carbonyl (C=O) groups is 1. The van der Waals surface area contributed by atoms with Gasteiger partial charge >= 0.3 is 6.18 Å². The number of alkyl halides is 3. The molecule has 1 aromatic rings. The van der Waals surface area contributed by atoms with E-state index >= 15 is 0 Å². The number of likely N-dealkylation sites (tertiary alicyclic amines) is 2. The third kappa shape index (κ3) is 4.35. The lowest BCUT2D eigenvalue weighted by Gasteiger charge is -2.35. The molecule has 9 heteroatoms. The number of halogens is 3. The molecule has 6 nitrogen and oxygen atoms in total. The summed E-state index contributed by atoms with van der Waals surface area (Å²) in [5.41, 5.74) is -0.808. The van der Waals surface area contributed by atoms with E-state index in [1.54, 1.807) is 0 Å². The first-order chi connectivity index (χ1) is 13.4. The van der Waals surface area contributed by atoms with Crippen LogP contribution in [-0.4, -0.2) is 64.6 Å². The summed E-state index contributed by atoms with van der Waals surface area (Å²) in [7, 11) is 0. The molecule has 0 aromatic carbocycles. The van der Waals surface area contributed by atoms with Crippen molar-refractivity contribution in [1.82, 2.24) is 19.8 Å². The predicted molar refractivity (Wildman–Crippen MR) is 95.3 cm³/mol. The van der Waals surface area contributed by atoms with Crippen molar-refractivity contribution in [2.75, 3.05) is 32.8 Å². The fraction of sp³-hybridized carbons (Fsp3) is 0.789. The Labute approximate surface area is 162 Å². The number of hydrogen-bond acceptors (Lipinski definition) is 4. The second-order valence-electron chi connectivity index (χ2n) is 8.21. The number of aromatic nitrogens is 2. The maximum Gasteiger partial charge on any atom is 0.432 e. The minimum atomic E-state index is -4.40. The van der Waals surface area contributed by atoms with Crippen molar-refractivity contribution in [3.63, 3.8) is 0 Å². The van der Waals surface area contributed by atoms with Crippen LogP contribution in [0.15, 0.2) is 6.20 Å². The van der Waals surface area contributed by atoms with Gasteiger partial charge in [-0.25, -0.2) is 4.98 Å². The molecule has 3 aliphatic rings. The molecule has 0 spiro atoms. The molecule has 0 radical (unpaired) electrons. The molecular weight excluding hydrogens is 373 g/mol. The number of hydrogen-bond donors (Lipinski definition) is 1. The number of amides is 1. The number of fused-ring (bicyclic) bond motifs is 1. The Balaban J connectivity index is 1.28. The largest absolute Gasteiger partial charge is 0.432 e. The lowest BCUT2D eigenvalue weighted by Crippen LogP contribution is -2.43. The Morgan fingerprint density at radius 2 is 2.04 bits per heavy atom.